The predicted octanol–water partition coefficient (Wildman–Crippen LogP) is 23.5. The molecule has 9 aromatic carbocycles. The Morgan fingerprint density at radius 3 is 0.805 bits per heavy atom. The lowest BCUT2D eigenvalue weighted by molar-refractivity contribution is 0.287. The van der Waals surface area contributed by atoms with Gasteiger partial charge in [0.05, 0.1) is 92.4 Å². The molecule has 0 unspecified atom stereocenters. The van der Waals surface area contributed by atoms with Gasteiger partial charge in [-0.25, -0.2) is 0 Å². The minimum absolute atomic E-state index is 0.772. The van der Waals surface area contributed by atoms with E-state index >= 15 is 0 Å². The summed E-state index contributed by atoms with van der Waals surface area (Å²) in [5.74, 6) is 13.7. The Bertz CT molecular complexity index is 4270. The summed E-state index contributed by atoms with van der Waals surface area (Å²) in [5, 5.41) is 0. The highest BCUT2D eigenvalue weighted by Gasteiger charge is 2.28. The van der Waals surface area contributed by atoms with Gasteiger partial charge >= 0.3 is 0 Å². The van der Waals surface area contributed by atoms with E-state index in [9.17, 15) is 0 Å². The van der Waals surface area contributed by atoms with Gasteiger partial charge in [-0.15, -0.1) is 0 Å². The molecule has 5 heterocycles. The average molecular weight is 1600 g/mol. The topological polar surface area (TPSA) is 99.3 Å². The summed E-state index contributed by atoms with van der Waals surface area (Å²) in [7, 11) is 15.6. The van der Waals surface area contributed by atoms with Crippen molar-refractivity contribution >= 4 is 28.4 Å². The van der Waals surface area contributed by atoms with Crippen LogP contribution in [-0.4, -0.2) is 129 Å². The molecule has 0 bridgehead atoms. The Hall–Kier alpha value is -9.82. The number of rotatable bonds is 29. The van der Waals surface area contributed by atoms with Crippen LogP contribution in [0.5, 0.6) is 51.7 Å². The molecule has 1 saturated carbocycles. The molecule has 0 amide bonds. The fraction of sp³-hybridized carbons (Fsp3) is 0.481. The van der Waals surface area contributed by atoms with Gasteiger partial charge in [-0.1, -0.05) is 166 Å². The normalized spacial score (nSPS) is 16.4. The van der Waals surface area contributed by atoms with Crippen LogP contribution in [-0.2, 0) is 25.7 Å². The van der Waals surface area contributed by atoms with Crippen molar-refractivity contribution in [3.8, 4) is 51.7 Å². The minimum Gasteiger partial charge on any atom is -0.497 e. The number of ether oxygens (including phenoxy) is 9. The first-order chi connectivity index (χ1) is 58.1. The molecule has 634 valence electrons. The quantitative estimate of drug-likeness (QED) is 0.0445. The molecule has 0 aromatic heterocycles. The van der Waals surface area contributed by atoms with Crippen molar-refractivity contribution < 1.29 is 42.6 Å². The van der Waals surface area contributed by atoms with Crippen molar-refractivity contribution in [1.82, 2.24) is 0 Å². The van der Waals surface area contributed by atoms with Crippen LogP contribution in [0, 0.1) is 35.5 Å². The van der Waals surface area contributed by atoms with Crippen LogP contribution in [0.4, 0.5) is 28.4 Å². The summed E-state index contributed by atoms with van der Waals surface area (Å²) in [4.78, 5) is 12.4. The first-order valence-corrected chi connectivity index (χ1v) is 44.5. The standard InChI is InChI=1S/C22H29NO3.2C21H27NO2.C20H31NO.C20H25NO/c1-24-20-7-5-4-6-19(20)23-14-12-17(13-15-23)8-9-18-10-11-21(25-2)22(16-18)26-3;1-23-19-7-5-6-18(16-19)11-10-17-12-14-22(15-13-17)20-8-3-4-9-21(20)24-2;1-23-19-11-9-17(10-12-19)7-8-18-13-15-22(16-14-18)20-5-3-4-6-21(20)24-2;2*1-22-20-10-6-5-9-19(20)21-15-13-18(14-16-21)12-11-17-7-3-2-4-8-17/h4-7,10-11,16-17H,8-9,12-15H2,1-3H3;3-9,16-17H,10-15H2,1-2H3;3-6,9-12,18H,7-8,13-16H2,1-2H3;5-6,9-10,17-18H,2-4,7-8,11-16H2,1H3;2-10,18H,11-16H2,1H3. The van der Waals surface area contributed by atoms with Crippen LogP contribution in [0.3, 0.4) is 0 Å². The number of hydrogen-bond donors (Lipinski definition) is 0. The van der Waals surface area contributed by atoms with Crippen LogP contribution in [0.25, 0.3) is 0 Å². The summed E-state index contributed by atoms with van der Waals surface area (Å²) in [6.07, 6.45) is 32.8. The van der Waals surface area contributed by atoms with E-state index in [0.29, 0.717) is 0 Å². The maximum atomic E-state index is 5.51. The smallest absolute Gasteiger partial charge is 0.160 e. The summed E-state index contributed by atoms with van der Waals surface area (Å²) >= 11 is 0. The monoisotopic (exact) mass is 1600 g/mol. The molecular weight excluding hydrogens is 1460 g/mol. The third kappa shape index (κ3) is 27.4. The molecule has 0 spiro atoms. The van der Waals surface area contributed by atoms with E-state index in [-0.39, 0.29) is 0 Å². The lowest BCUT2D eigenvalue weighted by Gasteiger charge is -2.35. The number of piperidine rings is 5. The van der Waals surface area contributed by atoms with Crippen molar-refractivity contribution in [2.75, 3.05) is 154 Å². The third-order valence-corrected chi connectivity index (χ3v) is 25.9. The molecular formula is C104H139N5O9. The third-order valence-electron chi connectivity index (χ3n) is 25.9. The van der Waals surface area contributed by atoms with Gasteiger partial charge in [0.15, 0.2) is 11.5 Å². The molecule has 6 fully saturated rings. The molecule has 14 heteroatoms. The van der Waals surface area contributed by atoms with Crippen molar-refractivity contribution in [3.63, 3.8) is 0 Å². The first kappa shape index (κ1) is 89.0. The zero-order chi connectivity index (χ0) is 82.3. The summed E-state index contributed by atoms with van der Waals surface area (Å²) in [5.41, 5.74) is 11.8. The van der Waals surface area contributed by atoms with Gasteiger partial charge in [0.2, 0.25) is 0 Å². The number of para-hydroxylation sites is 10. The average Bonchev–Trinajstić information content (AvgIpc) is 0.835. The van der Waals surface area contributed by atoms with E-state index in [1.807, 2.05) is 54.6 Å². The van der Waals surface area contributed by atoms with Crippen LogP contribution < -0.4 is 67.1 Å². The van der Waals surface area contributed by atoms with E-state index in [4.69, 9.17) is 42.6 Å². The second-order valence-corrected chi connectivity index (χ2v) is 33.1. The van der Waals surface area contributed by atoms with Gasteiger partial charge in [-0.3, -0.25) is 0 Å². The maximum Gasteiger partial charge on any atom is 0.160 e. The van der Waals surface area contributed by atoms with Crippen LogP contribution in [0.2, 0.25) is 0 Å². The zero-order valence-corrected chi connectivity index (χ0v) is 72.9. The molecule has 15 rings (SSSR count). The minimum atomic E-state index is 0.772. The predicted molar refractivity (Wildman–Crippen MR) is 491 cm³/mol. The van der Waals surface area contributed by atoms with Gasteiger partial charge in [-0.05, 0) is 270 Å². The molecule has 14 nitrogen and oxygen atoms in total. The van der Waals surface area contributed by atoms with Gasteiger partial charge in [0.1, 0.15) is 40.2 Å². The Kier molecular flexibility index (Phi) is 36.9. The second kappa shape index (κ2) is 48.9. The van der Waals surface area contributed by atoms with Crippen molar-refractivity contribution in [2.24, 2.45) is 35.5 Å². The highest BCUT2D eigenvalue weighted by Crippen LogP contribution is 2.40. The molecule has 5 aliphatic heterocycles. The Labute approximate surface area is 709 Å². The fourth-order valence-electron chi connectivity index (χ4n) is 18.5. The zero-order valence-electron chi connectivity index (χ0n) is 72.9. The fourth-order valence-corrected chi connectivity index (χ4v) is 18.5. The van der Waals surface area contributed by atoms with E-state index < -0.39 is 0 Å². The van der Waals surface area contributed by atoms with Crippen LogP contribution in [0.15, 0.2) is 218 Å². The van der Waals surface area contributed by atoms with Crippen LogP contribution in [0.1, 0.15) is 157 Å². The van der Waals surface area contributed by atoms with E-state index in [0.717, 1.165) is 159 Å². The number of nitrogens with zero attached hydrogens (tertiary/aromatic N) is 5. The Morgan fingerprint density at radius 1 is 0.203 bits per heavy atom. The summed E-state index contributed by atoms with van der Waals surface area (Å²) in [6.45, 7) is 11.3. The maximum absolute atomic E-state index is 5.51. The molecule has 6 aliphatic rings. The molecule has 0 radical (unpaired) electrons. The number of aryl methyl sites for hydroxylation is 4. The number of benzene rings is 9. The SMILES string of the molecule is COc1ccc(CCC2CCN(c3ccccc3OC)CC2)cc1.COc1ccc(CCC2CCN(c3ccccc3OC)CC2)cc1OC.COc1cccc(CCC2CCN(c3ccccc3OC)CC2)c1.COc1ccccc1N1CCC(CCC2CCCCC2)CC1.COc1ccccc1N1CCC(CCc2ccccc2)CC1. The van der Waals surface area contributed by atoms with Gasteiger partial charge in [0.25, 0.3) is 0 Å². The summed E-state index contributed by atoms with van der Waals surface area (Å²) < 4.78 is 48.8. The Balaban J connectivity index is 0.000000145. The van der Waals surface area contributed by atoms with Gasteiger partial charge in [-0.2, -0.15) is 0 Å². The van der Waals surface area contributed by atoms with Crippen molar-refractivity contribution in [1.29, 1.82) is 0 Å². The Morgan fingerprint density at radius 2 is 0.475 bits per heavy atom. The summed E-state index contributed by atoms with van der Waals surface area (Å²) in [6, 6.07) is 75.8. The van der Waals surface area contributed by atoms with E-state index in [1.54, 1.807) is 64.0 Å². The van der Waals surface area contributed by atoms with Crippen molar-refractivity contribution in [2.45, 2.75) is 161 Å². The second-order valence-electron chi connectivity index (χ2n) is 33.1. The number of methoxy groups -OCH3 is 9. The number of hydrogen-bond acceptors (Lipinski definition) is 14. The van der Waals surface area contributed by atoms with Crippen molar-refractivity contribution in [3.05, 3.63) is 241 Å². The van der Waals surface area contributed by atoms with E-state index in [2.05, 4.69) is 188 Å². The van der Waals surface area contributed by atoms with E-state index in [1.165, 1.54) is 205 Å². The van der Waals surface area contributed by atoms with Gasteiger partial charge < -0.3 is 67.1 Å². The largest absolute Gasteiger partial charge is 0.497 e. The van der Waals surface area contributed by atoms with Gasteiger partial charge in [0, 0.05) is 65.4 Å². The lowest BCUT2D eigenvalue weighted by Crippen LogP contribution is -2.34. The first-order valence-electron chi connectivity index (χ1n) is 44.5. The molecule has 9 aromatic rings. The highest BCUT2D eigenvalue weighted by molar-refractivity contribution is 5.62. The number of anilines is 5. The molecule has 1 aliphatic carbocycles. The lowest BCUT2D eigenvalue weighted by atomic mass is 9.82. The molecule has 118 heavy (non-hydrogen) atoms. The molecule has 0 N–H and O–H groups in total. The molecule has 5 saturated heterocycles. The highest BCUT2D eigenvalue weighted by atomic mass is 16.5. The molecule has 0 atom stereocenters. The van der Waals surface area contributed by atoms with Crippen LogP contribution >= 0.6 is 0 Å².